The highest BCUT2D eigenvalue weighted by atomic mass is 32.1. The molecule has 2 heterocycles. The van der Waals surface area contributed by atoms with Crippen LogP contribution in [0.1, 0.15) is 43.2 Å². The van der Waals surface area contributed by atoms with Crippen LogP contribution in [-0.2, 0) is 9.59 Å². The van der Waals surface area contributed by atoms with Crippen molar-refractivity contribution in [3.63, 3.8) is 0 Å². The predicted octanol–water partition coefficient (Wildman–Crippen LogP) is 4.16. The van der Waals surface area contributed by atoms with Gasteiger partial charge in [-0.15, -0.1) is 11.3 Å². The molecule has 1 saturated carbocycles. The molecular weight excluding hydrogens is 358 g/mol. The zero-order valence-corrected chi connectivity index (χ0v) is 16.6. The van der Waals surface area contributed by atoms with Gasteiger partial charge in [0, 0.05) is 30.0 Å². The van der Waals surface area contributed by atoms with E-state index in [1.807, 2.05) is 10.3 Å². The Morgan fingerprint density at radius 3 is 2.74 bits per heavy atom. The van der Waals surface area contributed by atoms with E-state index in [-0.39, 0.29) is 17.7 Å². The summed E-state index contributed by atoms with van der Waals surface area (Å²) in [6, 6.07) is 6.60. The number of hydrogen-bond donors (Lipinski definition) is 1. The molecule has 142 valence electrons. The molecule has 1 aliphatic heterocycles. The summed E-state index contributed by atoms with van der Waals surface area (Å²) in [6.45, 7) is 4.72. The van der Waals surface area contributed by atoms with Gasteiger partial charge in [-0.05, 0) is 43.9 Å². The maximum Gasteiger partial charge on any atom is 0.231 e. The largest absolute Gasteiger partial charge is 0.339 e. The zero-order valence-electron chi connectivity index (χ0n) is 15.8. The highest BCUT2D eigenvalue weighted by molar-refractivity contribution is 7.14. The first-order valence-corrected chi connectivity index (χ1v) is 10.5. The average Bonchev–Trinajstić information content (AvgIpc) is 3.37. The molecule has 1 saturated heterocycles. The standard InChI is InChI=1S/C21H25N3O2S/c1-13-7-8-15(9-14(13)2)18-12-27-21(22-18)23-20(26)16-10-19(25)24(11-16)17-5-3-4-6-17/h7-9,12,16-17H,3-6,10-11H2,1-2H3,(H,22,23,26). The van der Waals surface area contributed by atoms with Crippen LogP contribution in [0.15, 0.2) is 23.6 Å². The Labute approximate surface area is 163 Å². The molecule has 5 nitrogen and oxygen atoms in total. The van der Waals surface area contributed by atoms with Crippen LogP contribution in [0.5, 0.6) is 0 Å². The van der Waals surface area contributed by atoms with E-state index >= 15 is 0 Å². The minimum absolute atomic E-state index is 0.0927. The van der Waals surface area contributed by atoms with E-state index in [0.717, 1.165) is 24.1 Å². The molecule has 0 bridgehead atoms. The highest BCUT2D eigenvalue weighted by Crippen LogP contribution is 2.31. The highest BCUT2D eigenvalue weighted by Gasteiger charge is 2.38. The molecule has 2 amide bonds. The molecule has 0 spiro atoms. The van der Waals surface area contributed by atoms with E-state index in [9.17, 15) is 9.59 Å². The number of hydrogen-bond acceptors (Lipinski definition) is 4. The van der Waals surface area contributed by atoms with E-state index in [1.54, 1.807) is 0 Å². The van der Waals surface area contributed by atoms with Gasteiger partial charge in [0.1, 0.15) is 0 Å². The summed E-state index contributed by atoms with van der Waals surface area (Å²) in [7, 11) is 0. The van der Waals surface area contributed by atoms with Gasteiger partial charge in [0.15, 0.2) is 5.13 Å². The summed E-state index contributed by atoms with van der Waals surface area (Å²) in [5, 5.41) is 5.48. The summed E-state index contributed by atoms with van der Waals surface area (Å²) in [5.41, 5.74) is 4.40. The van der Waals surface area contributed by atoms with Crippen molar-refractivity contribution in [2.24, 2.45) is 5.92 Å². The Balaban J connectivity index is 1.41. The van der Waals surface area contributed by atoms with Crippen molar-refractivity contribution in [1.29, 1.82) is 0 Å². The van der Waals surface area contributed by atoms with Crippen molar-refractivity contribution in [3.8, 4) is 11.3 Å². The lowest BCUT2D eigenvalue weighted by Crippen LogP contribution is -2.35. The van der Waals surface area contributed by atoms with E-state index < -0.39 is 0 Å². The summed E-state index contributed by atoms with van der Waals surface area (Å²) < 4.78 is 0. The van der Waals surface area contributed by atoms with Crippen molar-refractivity contribution in [2.45, 2.75) is 52.0 Å². The van der Waals surface area contributed by atoms with Gasteiger partial charge in [0.05, 0.1) is 11.6 Å². The molecule has 1 aromatic carbocycles. The minimum atomic E-state index is -0.271. The Morgan fingerprint density at radius 2 is 2.00 bits per heavy atom. The van der Waals surface area contributed by atoms with Crippen LogP contribution in [0.25, 0.3) is 11.3 Å². The van der Waals surface area contributed by atoms with Crippen LogP contribution in [-0.4, -0.2) is 34.3 Å². The number of nitrogens with zero attached hydrogens (tertiary/aromatic N) is 2. The number of rotatable bonds is 4. The third kappa shape index (κ3) is 3.76. The number of amides is 2. The number of carbonyl (C=O) groups excluding carboxylic acids is 2. The molecule has 2 fully saturated rings. The first kappa shape index (κ1) is 18.2. The third-order valence-corrected chi connectivity index (χ3v) is 6.59. The molecule has 1 N–H and O–H groups in total. The van der Waals surface area contributed by atoms with E-state index in [1.165, 1.54) is 35.3 Å². The molecule has 0 radical (unpaired) electrons. The smallest absolute Gasteiger partial charge is 0.231 e. The lowest BCUT2D eigenvalue weighted by molar-refractivity contribution is -0.129. The summed E-state index contributed by atoms with van der Waals surface area (Å²) in [4.78, 5) is 31.4. The van der Waals surface area contributed by atoms with Crippen molar-refractivity contribution >= 4 is 28.3 Å². The van der Waals surface area contributed by atoms with Gasteiger partial charge < -0.3 is 10.2 Å². The lowest BCUT2D eigenvalue weighted by atomic mass is 10.1. The van der Waals surface area contributed by atoms with Crippen LogP contribution in [0.3, 0.4) is 0 Å². The SMILES string of the molecule is Cc1ccc(-c2csc(NC(=O)C3CC(=O)N(C4CCCC4)C3)n2)cc1C. The van der Waals surface area contributed by atoms with E-state index in [2.05, 4.69) is 42.3 Å². The fraction of sp³-hybridized carbons (Fsp3) is 0.476. The van der Waals surface area contributed by atoms with Crippen molar-refractivity contribution in [3.05, 3.63) is 34.7 Å². The molecule has 1 atom stereocenters. The van der Waals surface area contributed by atoms with Gasteiger partial charge in [0.2, 0.25) is 11.8 Å². The molecule has 27 heavy (non-hydrogen) atoms. The van der Waals surface area contributed by atoms with Gasteiger partial charge in [-0.25, -0.2) is 4.98 Å². The number of anilines is 1. The maximum absolute atomic E-state index is 12.6. The second-order valence-corrected chi connectivity index (χ2v) is 8.57. The zero-order chi connectivity index (χ0) is 19.0. The van der Waals surface area contributed by atoms with Crippen molar-refractivity contribution < 1.29 is 9.59 Å². The summed E-state index contributed by atoms with van der Waals surface area (Å²) >= 11 is 1.43. The molecule has 2 aliphatic rings. The quantitative estimate of drug-likeness (QED) is 0.862. The van der Waals surface area contributed by atoms with Crippen LogP contribution < -0.4 is 5.32 Å². The Morgan fingerprint density at radius 1 is 1.22 bits per heavy atom. The minimum Gasteiger partial charge on any atom is -0.339 e. The van der Waals surface area contributed by atoms with Gasteiger partial charge in [-0.3, -0.25) is 9.59 Å². The Bertz CT molecular complexity index is 870. The molecule has 4 rings (SSSR count). The van der Waals surface area contributed by atoms with Crippen molar-refractivity contribution in [1.82, 2.24) is 9.88 Å². The van der Waals surface area contributed by atoms with Gasteiger partial charge in [-0.1, -0.05) is 25.0 Å². The number of carbonyl (C=O) groups is 2. The predicted molar refractivity (Wildman–Crippen MR) is 108 cm³/mol. The number of likely N-dealkylation sites (tertiary alicyclic amines) is 1. The van der Waals surface area contributed by atoms with Crippen LogP contribution >= 0.6 is 11.3 Å². The second-order valence-electron chi connectivity index (χ2n) is 7.71. The van der Waals surface area contributed by atoms with Gasteiger partial charge >= 0.3 is 0 Å². The molecule has 1 unspecified atom stereocenters. The van der Waals surface area contributed by atoms with Crippen LogP contribution in [0.4, 0.5) is 5.13 Å². The monoisotopic (exact) mass is 383 g/mol. The van der Waals surface area contributed by atoms with Gasteiger partial charge in [0.25, 0.3) is 0 Å². The number of aryl methyl sites for hydroxylation is 2. The normalized spacial score (nSPS) is 20.4. The van der Waals surface area contributed by atoms with Crippen LogP contribution in [0.2, 0.25) is 0 Å². The first-order valence-electron chi connectivity index (χ1n) is 9.65. The lowest BCUT2D eigenvalue weighted by Gasteiger charge is -2.23. The van der Waals surface area contributed by atoms with E-state index in [4.69, 9.17) is 0 Å². The fourth-order valence-electron chi connectivity index (χ4n) is 4.05. The van der Waals surface area contributed by atoms with Crippen molar-refractivity contribution in [2.75, 3.05) is 11.9 Å². The second kappa shape index (κ2) is 7.43. The number of benzene rings is 1. The Kier molecular flexibility index (Phi) is 5.00. The molecule has 2 aromatic rings. The third-order valence-electron chi connectivity index (χ3n) is 5.83. The molecule has 1 aromatic heterocycles. The average molecular weight is 384 g/mol. The summed E-state index contributed by atoms with van der Waals surface area (Å²) in [5.74, 6) is -0.242. The topological polar surface area (TPSA) is 62.3 Å². The number of nitrogens with one attached hydrogen (secondary N) is 1. The fourth-order valence-corrected chi connectivity index (χ4v) is 4.77. The molecular formula is C21H25N3O2S. The molecule has 1 aliphatic carbocycles. The first-order chi connectivity index (χ1) is 13.0. The number of aromatic nitrogens is 1. The van der Waals surface area contributed by atoms with E-state index in [0.29, 0.717) is 24.1 Å². The number of thiazole rings is 1. The molecule has 6 heteroatoms. The maximum atomic E-state index is 12.6. The Hall–Kier alpha value is -2.21. The van der Waals surface area contributed by atoms with Crippen LogP contribution in [0, 0.1) is 19.8 Å². The van der Waals surface area contributed by atoms with Gasteiger partial charge in [-0.2, -0.15) is 0 Å². The summed E-state index contributed by atoms with van der Waals surface area (Å²) in [6.07, 6.45) is 4.84.